The van der Waals surface area contributed by atoms with E-state index in [9.17, 15) is 0 Å². The van der Waals surface area contributed by atoms with E-state index < -0.39 is 0 Å². The van der Waals surface area contributed by atoms with Crippen LogP contribution in [-0.4, -0.2) is 61.3 Å². The molecule has 2 N–H and O–H groups in total. The zero-order valence-corrected chi connectivity index (χ0v) is 14.2. The molecule has 118 valence electrons. The van der Waals surface area contributed by atoms with Crippen LogP contribution >= 0.6 is 12.2 Å². The molecule has 1 aliphatic heterocycles. The predicted octanol–water partition coefficient (Wildman–Crippen LogP) is 1.04. The van der Waals surface area contributed by atoms with Gasteiger partial charge in [0.05, 0.1) is 17.1 Å². The van der Waals surface area contributed by atoms with Crippen molar-refractivity contribution >= 4 is 17.2 Å². The molecule has 0 radical (unpaired) electrons. The Labute approximate surface area is 132 Å². The van der Waals surface area contributed by atoms with Gasteiger partial charge in [0.25, 0.3) is 0 Å². The molecule has 7 heteroatoms. The number of aromatic nitrogens is 3. The van der Waals surface area contributed by atoms with Gasteiger partial charge in [0.2, 0.25) is 0 Å². The van der Waals surface area contributed by atoms with Crippen molar-refractivity contribution in [1.29, 1.82) is 0 Å². The molecule has 0 aliphatic carbocycles. The summed E-state index contributed by atoms with van der Waals surface area (Å²) < 4.78 is 1.99. The Bertz CT molecular complexity index is 487. The van der Waals surface area contributed by atoms with Gasteiger partial charge in [-0.05, 0) is 27.7 Å². The Hall–Kier alpha value is -1.05. The number of thiocarbonyl (C=S) groups is 1. The first-order valence-corrected chi connectivity index (χ1v) is 7.89. The number of rotatable bonds is 5. The quantitative estimate of drug-likeness (QED) is 0.820. The van der Waals surface area contributed by atoms with Gasteiger partial charge in [0.1, 0.15) is 12.2 Å². The van der Waals surface area contributed by atoms with Gasteiger partial charge in [-0.15, -0.1) is 0 Å². The summed E-state index contributed by atoms with van der Waals surface area (Å²) in [6.45, 7) is 13.2. The average Bonchev–Trinajstić information content (AvgIpc) is 2.87. The van der Waals surface area contributed by atoms with E-state index in [1.54, 1.807) is 6.33 Å². The highest BCUT2D eigenvalue weighted by atomic mass is 32.1. The molecule has 1 aromatic rings. The highest BCUT2D eigenvalue weighted by Gasteiger charge is 2.32. The smallest absolute Gasteiger partial charge is 0.141 e. The van der Waals surface area contributed by atoms with E-state index in [4.69, 9.17) is 18.0 Å². The third kappa shape index (κ3) is 3.59. The Morgan fingerprint density at radius 3 is 2.48 bits per heavy atom. The van der Waals surface area contributed by atoms with Crippen LogP contribution in [0.3, 0.4) is 0 Å². The van der Waals surface area contributed by atoms with Gasteiger partial charge in [-0.1, -0.05) is 12.2 Å². The Morgan fingerprint density at radius 2 is 1.95 bits per heavy atom. The SMILES string of the molecule is CC(C)n1ncnc1CN1CCN(C(C)(C)C(N)=S)CC1. The third-order valence-electron chi connectivity index (χ3n) is 4.27. The van der Waals surface area contributed by atoms with Crippen LogP contribution < -0.4 is 5.73 Å². The molecule has 1 aliphatic rings. The van der Waals surface area contributed by atoms with Crippen molar-refractivity contribution in [3.05, 3.63) is 12.2 Å². The number of hydrogen-bond donors (Lipinski definition) is 1. The molecule has 0 unspecified atom stereocenters. The lowest BCUT2D eigenvalue weighted by molar-refractivity contribution is 0.0797. The molecule has 21 heavy (non-hydrogen) atoms. The van der Waals surface area contributed by atoms with Gasteiger partial charge in [-0.25, -0.2) is 9.67 Å². The molecule has 6 nitrogen and oxygen atoms in total. The molecule has 2 heterocycles. The van der Waals surface area contributed by atoms with Gasteiger partial charge in [0.15, 0.2) is 0 Å². The molecule has 2 rings (SSSR count). The van der Waals surface area contributed by atoms with Crippen LogP contribution in [0.5, 0.6) is 0 Å². The summed E-state index contributed by atoms with van der Waals surface area (Å²) >= 11 is 5.18. The first-order chi connectivity index (χ1) is 9.82. The summed E-state index contributed by atoms with van der Waals surface area (Å²) in [5.41, 5.74) is 5.64. The van der Waals surface area contributed by atoms with Crippen molar-refractivity contribution in [2.75, 3.05) is 26.2 Å². The summed E-state index contributed by atoms with van der Waals surface area (Å²) in [5, 5.41) is 4.29. The number of nitrogens with two attached hydrogens (primary N) is 1. The van der Waals surface area contributed by atoms with Crippen molar-refractivity contribution < 1.29 is 0 Å². The highest BCUT2D eigenvalue weighted by molar-refractivity contribution is 7.80. The van der Waals surface area contributed by atoms with Gasteiger partial charge >= 0.3 is 0 Å². The van der Waals surface area contributed by atoms with E-state index in [0.29, 0.717) is 11.0 Å². The standard InChI is InChI=1S/C14H26N6S/c1-11(2)20-12(16-10-17-20)9-18-5-7-19(8-6-18)14(3,4)13(15)21/h10-11H,5-9H2,1-4H3,(H2,15,21). The fourth-order valence-electron chi connectivity index (χ4n) is 2.64. The maximum Gasteiger partial charge on any atom is 0.141 e. The highest BCUT2D eigenvalue weighted by Crippen LogP contribution is 2.18. The van der Waals surface area contributed by atoms with E-state index in [0.717, 1.165) is 38.5 Å². The Balaban J connectivity index is 1.93. The molecule has 0 aromatic carbocycles. The first-order valence-electron chi connectivity index (χ1n) is 7.48. The summed E-state index contributed by atoms with van der Waals surface area (Å²) in [4.78, 5) is 9.72. The lowest BCUT2D eigenvalue weighted by Crippen LogP contribution is -2.59. The zero-order chi connectivity index (χ0) is 15.6. The van der Waals surface area contributed by atoms with Crippen LogP contribution in [0, 0.1) is 0 Å². The normalized spacial score (nSPS) is 18.3. The molecule has 0 spiro atoms. The van der Waals surface area contributed by atoms with E-state index in [2.05, 4.69) is 47.6 Å². The Kier molecular flexibility index (Phi) is 4.95. The molecular weight excluding hydrogens is 284 g/mol. The number of nitrogens with zero attached hydrogens (tertiary/aromatic N) is 5. The number of hydrogen-bond acceptors (Lipinski definition) is 5. The number of piperazine rings is 1. The van der Waals surface area contributed by atoms with Crippen LogP contribution in [0.25, 0.3) is 0 Å². The second-order valence-electron chi connectivity index (χ2n) is 6.40. The second-order valence-corrected chi connectivity index (χ2v) is 6.84. The van der Waals surface area contributed by atoms with Gasteiger partial charge in [0, 0.05) is 32.2 Å². The van der Waals surface area contributed by atoms with Crippen molar-refractivity contribution in [3.8, 4) is 0 Å². The van der Waals surface area contributed by atoms with Crippen LogP contribution in [0.15, 0.2) is 6.33 Å². The van der Waals surface area contributed by atoms with Gasteiger partial charge < -0.3 is 5.73 Å². The van der Waals surface area contributed by atoms with Crippen LogP contribution in [0.2, 0.25) is 0 Å². The lowest BCUT2D eigenvalue weighted by atomic mass is 10.0. The predicted molar refractivity (Wildman–Crippen MR) is 88.1 cm³/mol. The van der Waals surface area contributed by atoms with Crippen LogP contribution in [0.1, 0.15) is 39.6 Å². The minimum absolute atomic E-state index is 0.209. The molecule has 1 saturated heterocycles. The molecule has 0 amide bonds. The molecule has 1 aromatic heterocycles. The minimum atomic E-state index is -0.209. The average molecular weight is 310 g/mol. The maximum atomic E-state index is 5.85. The fraction of sp³-hybridized carbons (Fsp3) is 0.786. The van der Waals surface area contributed by atoms with Crippen molar-refractivity contribution in [2.24, 2.45) is 5.73 Å². The summed E-state index contributed by atoms with van der Waals surface area (Å²) in [7, 11) is 0. The second kappa shape index (κ2) is 6.37. The van der Waals surface area contributed by atoms with Crippen LogP contribution in [0.4, 0.5) is 0 Å². The zero-order valence-electron chi connectivity index (χ0n) is 13.4. The molecule has 0 atom stereocenters. The van der Waals surface area contributed by atoms with E-state index in [-0.39, 0.29) is 5.54 Å². The lowest BCUT2D eigenvalue weighted by Gasteiger charge is -2.43. The first kappa shape index (κ1) is 16.3. The van der Waals surface area contributed by atoms with Gasteiger partial charge in [-0.2, -0.15) is 5.10 Å². The minimum Gasteiger partial charge on any atom is -0.392 e. The third-order valence-corrected chi connectivity index (χ3v) is 4.77. The monoisotopic (exact) mass is 310 g/mol. The van der Waals surface area contributed by atoms with Crippen molar-refractivity contribution in [2.45, 2.75) is 45.8 Å². The van der Waals surface area contributed by atoms with E-state index in [1.807, 2.05) is 4.68 Å². The summed E-state index contributed by atoms with van der Waals surface area (Å²) in [6.07, 6.45) is 1.64. The molecule has 1 fully saturated rings. The van der Waals surface area contributed by atoms with Gasteiger partial charge in [-0.3, -0.25) is 9.80 Å². The van der Waals surface area contributed by atoms with Crippen molar-refractivity contribution in [1.82, 2.24) is 24.6 Å². The molecule has 0 bridgehead atoms. The fourth-order valence-corrected chi connectivity index (χ4v) is 2.77. The Morgan fingerprint density at radius 1 is 1.33 bits per heavy atom. The topological polar surface area (TPSA) is 63.2 Å². The van der Waals surface area contributed by atoms with Crippen molar-refractivity contribution in [3.63, 3.8) is 0 Å². The van der Waals surface area contributed by atoms with E-state index >= 15 is 0 Å². The summed E-state index contributed by atoms with van der Waals surface area (Å²) in [5.74, 6) is 1.03. The van der Waals surface area contributed by atoms with Crippen LogP contribution in [-0.2, 0) is 6.54 Å². The molecule has 0 saturated carbocycles. The summed E-state index contributed by atoms with van der Waals surface area (Å²) in [6, 6.07) is 0.345. The molecular formula is C14H26N6S. The largest absolute Gasteiger partial charge is 0.392 e. The van der Waals surface area contributed by atoms with E-state index in [1.165, 1.54) is 0 Å². The maximum absolute atomic E-state index is 5.85.